The van der Waals surface area contributed by atoms with Crippen LogP contribution in [-0.4, -0.2) is 5.91 Å². The number of benzene rings is 2. The van der Waals surface area contributed by atoms with Crippen molar-refractivity contribution in [2.24, 2.45) is 0 Å². The molecular weight excluding hydrogens is 281 g/mol. The first-order valence-electron chi connectivity index (χ1n) is 5.65. The normalized spacial score (nSPS) is 10.6. The lowest BCUT2D eigenvalue weighted by atomic mass is 10.2. The highest BCUT2D eigenvalue weighted by Crippen LogP contribution is 2.26. The summed E-state index contributed by atoms with van der Waals surface area (Å²) in [6, 6.07) is 14.5. The number of carbonyl (C=O) groups is 1. The second-order valence-electron chi connectivity index (χ2n) is 3.83. The van der Waals surface area contributed by atoms with E-state index in [0.717, 1.165) is 5.69 Å². The van der Waals surface area contributed by atoms with Crippen LogP contribution in [0, 0.1) is 0 Å². The zero-order chi connectivity index (χ0) is 13.7. The average molecular weight is 292 g/mol. The summed E-state index contributed by atoms with van der Waals surface area (Å²) in [5, 5.41) is 3.65. The molecule has 0 spiro atoms. The topological polar surface area (TPSA) is 29.1 Å². The molecular formula is C15H11Cl2NO. The molecule has 0 fully saturated rings. The van der Waals surface area contributed by atoms with E-state index in [4.69, 9.17) is 23.2 Å². The van der Waals surface area contributed by atoms with Crippen LogP contribution in [0.1, 0.15) is 5.56 Å². The Morgan fingerprint density at radius 2 is 1.74 bits per heavy atom. The highest BCUT2D eigenvalue weighted by molar-refractivity contribution is 6.42. The van der Waals surface area contributed by atoms with Gasteiger partial charge in [-0.1, -0.05) is 53.5 Å². The lowest BCUT2D eigenvalue weighted by Crippen LogP contribution is -2.07. The monoisotopic (exact) mass is 291 g/mol. The molecule has 0 saturated heterocycles. The lowest BCUT2D eigenvalue weighted by Gasteiger charge is -2.02. The van der Waals surface area contributed by atoms with Crippen LogP contribution in [0.3, 0.4) is 0 Å². The van der Waals surface area contributed by atoms with E-state index in [1.54, 1.807) is 24.3 Å². The van der Waals surface area contributed by atoms with Crippen molar-refractivity contribution in [2.45, 2.75) is 0 Å². The van der Waals surface area contributed by atoms with Gasteiger partial charge in [0, 0.05) is 11.8 Å². The van der Waals surface area contributed by atoms with Gasteiger partial charge >= 0.3 is 0 Å². The Morgan fingerprint density at radius 1 is 1.00 bits per heavy atom. The third kappa shape index (κ3) is 3.85. The third-order valence-electron chi connectivity index (χ3n) is 2.44. The molecule has 0 unspecified atom stereocenters. The predicted octanol–water partition coefficient (Wildman–Crippen LogP) is 4.65. The van der Waals surface area contributed by atoms with Crippen molar-refractivity contribution < 1.29 is 4.79 Å². The summed E-state index contributed by atoms with van der Waals surface area (Å²) in [6.07, 6.45) is 3.05. The molecule has 0 radical (unpaired) electrons. The molecule has 1 N–H and O–H groups in total. The van der Waals surface area contributed by atoms with Gasteiger partial charge in [-0.15, -0.1) is 0 Å². The first-order valence-corrected chi connectivity index (χ1v) is 6.40. The second kappa shape index (κ2) is 6.41. The van der Waals surface area contributed by atoms with Gasteiger partial charge in [0.1, 0.15) is 0 Å². The van der Waals surface area contributed by atoms with Crippen molar-refractivity contribution in [1.29, 1.82) is 0 Å². The number of halogens is 2. The Bertz CT molecular complexity index is 609. The number of amides is 1. The number of hydrogen-bond donors (Lipinski definition) is 1. The van der Waals surface area contributed by atoms with Gasteiger partial charge in [0.05, 0.1) is 10.0 Å². The molecule has 2 rings (SSSR count). The van der Waals surface area contributed by atoms with Crippen LogP contribution in [0.15, 0.2) is 54.6 Å². The van der Waals surface area contributed by atoms with Crippen LogP contribution >= 0.6 is 23.2 Å². The molecule has 0 aliphatic rings. The lowest BCUT2D eigenvalue weighted by molar-refractivity contribution is -0.111. The van der Waals surface area contributed by atoms with E-state index in [-0.39, 0.29) is 5.91 Å². The third-order valence-corrected chi connectivity index (χ3v) is 3.27. The van der Waals surface area contributed by atoms with Gasteiger partial charge in [-0.05, 0) is 29.8 Å². The summed E-state index contributed by atoms with van der Waals surface area (Å²) in [4.78, 5) is 11.7. The molecule has 2 nitrogen and oxygen atoms in total. The highest BCUT2D eigenvalue weighted by Gasteiger charge is 2.02. The molecule has 0 heterocycles. The van der Waals surface area contributed by atoms with Crippen LogP contribution < -0.4 is 5.32 Å². The number of para-hydroxylation sites is 1. The number of nitrogens with one attached hydrogen (secondary N) is 1. The van der Waals surface area contributed by atoms with Gasteiger partial charge in [0.15, 0.2) is 0 Å². The van der Waals surface area contributed by atoms with Crippen molar-refractivity contribution in [3.63, 3.8) is 0 Å². The predicted molar refractivity (Wildman–Crippen MR) is 80.6 cm³/mol. The van der Waals surface area contributed by atoms with E-state index >= 15 is 0 Å². The molecule has 2 aromatic rings. The smallest absolute Gasteiger partial charge is 0.248 e. The zero-order valence-electron chi connectivity index (χ0n) is 9.94. The maximum absolute atomic E-state index is 11.7. The number of rotatable bonds is 3. The summed E-state index contributed by atoms with van der Waals surface area (Å²) in [5.74, 6) is -0.220. The fourth-order valence-corrected chi connectivity index (χ4v) is 1.89. The summed E-state index contributed by atoms with van der Waals surface area (Å²) < 4.78 is 0. The van der Waals surface area contributed by atoms with Crippen LogP contribution in [0.5, 0.6) is 0 Å². The first kappa shape index (κ1) is 13.7. The standard InChI is InChI=1S/C15H11Cl2NO/c16-13-8-4-5-11(15(13)17)9-10-14(19)18-12-6-2-1-3-7-12/h1-10H,(H,18,19). The quantitative estimate of drug-likeness (QED) is 0.820. The van der Waals surface area contributed by atoms with Gasteiger partial charge in [-0.25, -0.2) is 0 Å². The second-order valence-corrected chi connectivity index (χ2v) is 4.62. The van der Waals surface area contributed by atoms with E-state index in [0.29, 0.717) is 15.6 Å². The molecule has 0 aliphatic heterocycles. The molecule has 0 atom stereocenters. The van der Waals surface area contributed by atoms with Crippen molar-refractivity contribution in [3.8, 4) is 0 Å². The number of hydrogen-bond acceptors (Lipinski definition) is 1. The minimum Gasteiger partial charge on any atom is -0.323 e. The molecule has 2 aromatic carbocycles. The molecule has 1 amide bonds. The molecule has 0 aliphatic carbocycles. The van der Waals surface area contributed by atoms with Crippen LogP contribution in [-0.2, 0) is 4.79 Å². The van der Waals surface area contributed by atoms with Gasteiger partial charge in [-0.3, -0.25) is 4.79 Å². The molecule has 0 bridgehead atoms. The van der Waals surface area contributed by atoms with E-state index in [9.17, 15) is 4.79 Å². The Hall–Kier alpha value is -1.77. The average Bonchev–Trinajstić information content (AvgIpc) is 2.42. The van der Waals surface area contributed by atoms with Gasteiger partial charge < -0.3 is 5.32 Å². The maximum atomic E-state index is 11.7. The van der Waals surface area contributed by atoms with E-state index in [1.807, 2.05) is 30.3 Å². The Labute approximate surface area is 121 Å². The van der Waals surface area contributed by atoms with E-state index < -0.39 is 0 Å². The first-order chi connectivity index (χ1) is 9.16. The van der Waals surface area contributed by atoms with Crippen molar-refractivity contribution in [1.82, 2.24) is 0 Å². The van der Waals surface area contributed by atoms with Gasteiger partial charge in [-0.2, -0.15) is 0 Å². The molecule has 0 saturated carbocycles. The van der Waals surface area contributed by atoms with Gasteiger partial charge in [0.25, 0.3) is 0 Å². The Balaban J connectivity index is 2.06. The summed E-state index contributed by atoms with van der Waals surface area (Å²) in [6.45, 7) is 0. The van der Waals surface area contributed by atoms with Crippen LogP contribution in [0.25, 0.3) is 6.08 Å². The largest absolute Gasteiger partial charge is 0.323 e. The molecule has 19 heavy (non-hydrogen) atoms. The maximum Gasteiger partial charge on any atom is 0.248 e. The van der Waals surface area contributed by atoms with Crippen molar-refractivity contribution in [2.75, 3.05) is 5.32 Å². The number of anilines is 1. The highest BCUT2D eigenvalue weighted by atomic mass is 35.5. The summed E-state index contributed by atoms with van der Waals surface area (Å²) >= 11 is 11.9. The summed E-state index contributed by atoms with van der Waals surface area (Å²) in [7, 11) is 0. The molecule has 4 heteroatoms. The van der Waals surface area contributed by atoms with Crippen LogP contribution in [0.4, 0.5) is 5.69 Å². The molecule has 0 aromatic heterocycles. The SMILES string of the molecule is O=C(C=Cc1cccc(Cl)c1Cl)Nc1ccccc1. The fraction of sp³-hybridized carbons (Fsp3) is 0. The fourth-order valence-electron chi connectivity index (χ4n) is 1.52. The van der Waals surface area contributed by atoms with E-state index in [1.165, 1.54) is 6.08 Å². The number of carbonyl (C=O) groups excluding carboxylic acids is 1. The van der Waals surface area contributed by atoms with Crippen molar-refractivity contribution >= 4 is 40.9 Å². The van der Waals surface area contributed by atoms with Crippen molar-refractivity contribution in [3.05, 3.63) is 70.2 Å². The minimum atomic E-state index is -0.220. The summed E-state index contributed by atoms with van der Waals surface area (Å²) in [5.41, 5.74) is 1.45. The van der Waals surface area contributed by atoms with E-state index in [2.05, 4.69) is 5.32 Å². The zero-order valence-corrected chi connectivity index (χ0v) is 11.4. The Kier molecular flexibility index (Phi) is 4.61. The minimum absolute atomic E-state index is 0.220. The van der Waals surface area contributed by atoms with Crippen LogP contribution in [0.2, 0.25) is 10.0 Å². The Morgan fingerprint density at radius 3 is 2.47 bits per heavy atom. The van der Waals surface area contributed by atoms with Gasteiger partial charge in [0.2, 0.25) is 5.91 Å². The molecule has 96 valence electrons.